The van der Waals surface area contributed by atoms with Gasteiger partial charge in [-0.3, -0.25) is 9.78 Å². The summed E-state index contributed by atoms with van der Waals surface area (Å²) >= 11 is 0. The molecule has 116 valence electrons. The average molecular weight is 302 g/mol. The minimum absolute atomic E-state index is 0.0551. The summed E-state index contributed by atoms with van der Waals surface area (Å²) in [6.07, 6.45) is 6.61. The van der Waals surface area contributed by atoms with E-state index in [1.165, 1.54) is 0 Å². The maximum Gasteiger partial charge on any atom is 0.223 e. The summed E-state index contributed by atoms with van der Waals surface area (Å²) in [6.45, 7) is 0.869. The molecule has 0 saturated carbocycles. The Morgan fingerprint density at radius 1 is 1.27 bits per heavy atom. The van der Waals surface area contributed by atoms with Crippen LogP contribution in [0.2, 0.25) is 0 Å². The van der Waals surface area contributed by atoms with Crippen molar-refractivity contribution in [2.45, 2.75) is 31.4 Å². The number of hydrogen-bond acceptors (Lipinski definition) is 3. The lowest BCUT2D eigenvalue weighted by molar-refractivity contribution is -0.134. The molecule has 0 aromatic carbocycles. The molecule has 0 spiro atoms. The van der Waals surface area contributed by atoms with Crippen molar-refractivity contribution in [3.63, 3.8) is 0 Å². The fourth-order valence-electron chi connectivity index (χ4n) is 2.81. The molecule has 0 unspecified atom stereocenters. The molecule has 1 amide bonds. The second-order valence-electron chi connectivity index (χ2n) is 5.60. The molecule has 1 N–H and O–H groups in total. The summed E-state index contributed by atoms with van der Waals surface area (Å²) in [5, 5.41) is 0. The van der Waals surface area contributed by atoms with Gasteiger partial charge in [-0.15, -0.1) is 0 Å². The van der Waals surface area contributed by atoms with Gasteiger partial charge in [0, 0.05) is 57.4 Å². The van der Waals surface area contributed by atoms with Crippen LogP contribution in [-0.4, -0.2) is 38.8 Å². The van der Waals surface area contributed by atoms with E-state index >= 15 is 0 Å². The zero-order valence-corrected chi connectivity index (χ0v) is 12.3. The number of pyridine rings is 1. The normalized spacial score (nSPS) is 17.4. The Morgan fingerprint density at radius 3 is 2.73 bits per heavy atom. The van der Waals surface area contributed by atoms with Crippen molar-refractivity contribution in [2.75, 3.05) is 13.1 Å². The van der Waals surface area contributed by atoms with Crippen LogP contribution in [0.15, 0.2) is 36.8 Å². The van der Waals surface area contributed by atoms with E-state index in [9.17, 15) is 9.18 Å². The minimum atomic E-state index is -1.42. The number of nitrogens with zero attached hydrogens (tertiary/aromatic N) is 3. The fourth-order valence-corrected chi connectivity index (χ4v) is 2.81. The number of aromatic nitrogens is 3. The van der Waals surface area contributed by atoms with E-state index in [1.54, 1.807) is 41.7 Å². The third-order valence-corrected chi connectivity index (χ3v) is 4.16. The fraction of sp³-hybridized carbons (Fsp3) is 0.438. The Kier molecular flexibility index (Phi) is 4.18. The maximum absolute atomic E-state index is 14.9. The summed E-state index contributed by atoms with van der Waals surface area (Å²) in [4.78, 5) is 25.1. The monoisotopic (exact) mass is 302 g/mol. The van der Waals surface area contributed by atoms with Gasteiger partial charge in [-0.2, -0.15) is 0 Å². The van der Waals surface area contributed by atoms with Crippen LogP contribution >= 0.6 is 0 Å². The Balaban J connectivity index is 1.54. The first-order valence-corrected chi connectivity index (χ1v) is 7.54. The lowest BCUT2D eigenvalue weighted by Crippen LogP contribution is -2.43. The molecule has 1 aliphatic rings. The van der Waals surface area contributed by atoms with Crippen LogP contribution in [0.1, 0.15) is 30.8 Å². The van der Waals surface area contributed by atoms with Crippen molar-refractivity contribution in [3.05, 3.63) is 48.3 Å². The third-order valence-electron chi connectivity index (χ3n) is 4.16. The second kappa shape index (κ2) is 6.25. The summed E-state index contributed by atoms with van der Waals surface area (Å²) in [6, 6.07) is 5.29. The van der Waals surface area contributed by atoms with Gasteiger partial charge >= 0.3 is 0 Å². The molecule has 1 saturated heterocycles. The molecule has 3 heterocycles. The van der Waals surface area contributed by atoms with Gasteiger partial charge in [-0.25, -0.2) is 9.37 Å². The van der Waals surface area contributed by atoms with Gasteiger partial charge in [-0.1, -0.05) is 6.07 Å². The van der Waals surface area contributed by atoms with Crippen molar-refractivity contribution < 1.29 is 9.18 Å². The molecule has 0 bridgehead atoms. The van der Waals surface area contributed by atoms with Crippen molar-refractivity contribution in [1.82, 2.24) is 19.9 Å². The molecule has 2 aromatic rings. The van der Waals surface area contributed by atoms with E-state index in [2.05, 4.69) is 15.0 Å². The number of nitrogens with one attached hydrogen (secondary N) is 1. The average Bonchev–Trinajstić information content (AvgIpc) is 3.08. The number of hydrogen-bond donors (Lipinski definition) is 1. The summed E-state index contributed by atoms with van der Waals surface area (Å²) < 4.78 is 14.9. The van der Waals surface area contributed by atoms with Gasteiger partial charge in [0.25, 0.3) is 0 Å². The van der Waals surface area contributed by atoms with Gasteiger partial charge in [0.15, 0.2) is 5.67 Å². The van der Waals surface area contributed by atoms with Gasteiger partial charge < -0.3 is 9.88 Å². The number of piperidine rings is 1. The molecule has 1 fully saturated rings. The standard InChI is InChI=1S/C16H19FN4O/c17-16(13-3-1-2-8-18-13)6-11-21(12-7-16)15(22)5-4-14-19-9-10-20-14/h1-3,8-10H,4-7,11-12H2,(H,19,20). The number of carbonyl (C=O) groups excluding carboxylic acids is 1. The molecule has 3 rings (SSSR count). The number of likely N-dealkylation sites (tertiary alicyclic amines) is 1. The molecular formula is C16H19FN4O. The predicted octanol–water partition coefficient (Wildman–Crippen LogP) is 2.22. The first-order chi connectivity index (χ1) is 10.7. The van der Waals surface area contributed by atoms with Gasteiger partial charge in [0.05, 0.1) is 5.69 Å². The van der Waals surface area contributed by atoms with Crippen molar-refractivity contribution in [3.8, 4) is 0 Å². The molecule has 0 radical (unpaired) electrons. The van der Waals surface area contributed by atoms with Gasteiger partial charge in [0.2, 0.25) is 5.91 Å². The number of imidazole rings is 1. The van der Waals surface area contributed by atoms with Crippen LogP contribution in [0.25, 0.3) is 0 Å². The van der Waals surface area contributed by atoms with E-state index in [-0.39, 0.29) is 5.91 Å². The number of aryl methyl sites for hydroxylation is 1. The summed E-state index contributed by atoms with van der Waals surface area (Å²) in [5.74, 6) is 0.859. The Morgan fingerprint density at radius 2 is 2.09 bits per heavy atom. The number of alkyl halides is 1. The van der Waals surface area contributed by atoms with Crippen molar-refractivity contribution in [2.24, 2.45) is 0 Å². The third kappa shape index (κ3) is 3.16. The van der Waals surface area contributed by atoms with Crippen LogP contribution in [0, 0.1) is 0 Å². The van der Waals surface area contributed by atoms with Crippen molar-refractivity contribution in [1.29, 1.82) is 0 Å². The molecule has 22 heavy (non-hydrogen) atoms. The molecular weight excluding hydrogens is 283 g/mol. The first-order valence-electron chi connectivity index (χ1n) is 7.54. The maximum atomic E-state index is 14.9. The smallest absolute Gasteiger partial charge is 0.223 e. The summed E-state index contributed by atoms with van der Waals surface area (Å²) in [7, 11) is 0. The number of halogens is 1. The lowest BCUT2D eigenvalue weighted by Gasteiger charge is -2.36. The Bertz CT molecular complexity index is 606. The highest BCUT2D eigenvalue weighted by atomic mass is 19.1. The van der Waals surface area contributed by atoms with Crippen molar-refractivity contribution >= 4 is 5.91 Å². The van der Waals surface area contributed by atoms with E-state index < -0.39 is 5.67 Å². The molecule has 6 heteroatoms. The highest BCUT2D eigenvalue weighted by molar-refractivity contribution is 5.76. The SMILES string of the molecule is O=C(CCc1ncc[nH]1)N1CCC(F)(c2ccccn2)CC1. The first kappa shape index (κ1) is 14.7. The van der Waals surface area contributed by atoms with E-state index in [4.69, 9.17) is 0 Å². The Hall–Kier alpha value is -2.24. The molecule has 0 atom stereocenters. The predicted molar refractivity (Wildman–Crippen MR) is 79.7 cm³/mol. The topological polar surface area (TPSA) is 61.9 Å². The van der Waals surface area contributed by atoms with Crippen LogP contribution in [0.4, 0.5) is 4.39 Å². The van der Waals surface area contributed by atoms with E-state index in [1.807, 2.05) is 0 Å². The molecule has 2 aromatic heterocycles. The highest BCUT2D eigenvalue weighted by Crippen LogP contribution is 2.35. The number of carbonyl (C=O) groups is 1. The second-order valence-corrected chi connectivity index (χ2v) is 5.60. The van der Waals surface area contributed by atoms with E-state index in [0.29, 0.717) is 44.5 Å². The Labute approximate surface area is 128 Å². The van der Waals surface area contributed by atoms with Crippen LogP contribution in [0.5, 0.6) is 0 Å². The number of H-pyrrole nitrogens is 1. The largest absolute Gasteiger partial charge is 0.349 e. The highest BCUT2D eigenvalue weighted by Gasteiger charge is 2.38. The zero-order chi connectivity index (χ0) is 15.4. The minimum Gasteiger partial charge on any atom is -0.349 e. The quantitative estimate of drug-likeness (QED) is 0.942. The number of amides is 1. The van der Waals surface area contributed by atoms with Crippen LogP contribution < -0.4 is 0 Å². The zero-order valence-electron chi connectivity index (χ0n) is 12.3. The molecule has 1 aliphatic heterocycles. The van der Waals surface area contributed by atoms with Gasteiger partial charge in [0.1, 0.15) is 5.82 Å². The van der Waals surface area contributed by atoms with E-state index in [0.717, 1.165) is 5.82 Å². The summed E-state index contributed by atoms with van der Waals surface area (Å²) in [5.41, 5.74) is -0.948. The number of rotatable bonds is 4. The van der Waals surface area contributed by atoms with Crippen LogP contribution in [0.3, 0.4) is 0 Å². The lowest BCUT2D eigenvalue weighted by atomic mass is 9.89. The molecule has 0 aliphatic carbocycles. The number of aromatic amines is 1. The van der Waals surface area contributed by atoms with Gasteiger partial charge in [-0.05, 0) is 12.1 Å². The van der Waals surface area contributed by atoms with Crippen LogP contribution in [-0.2, 0) is 16.9 Å². The molecule has 5 nitrogen and oxygen atoms in total.